The van der Waals surface area contributed by atoms with Gasteiger partial charge in [0.1, 0.15) is 0 Å². The molecule has 2 aromatic carbocycles. The molecule has 2 nitrogen and oxygen atoms in total. The normalized spacial score (nSPS) is 22.6. The van der Waals surface area contributed by atoms with Gasteiger partial charge < -0.3 is 9.76 Å². The first-order valence-electron chi connectivity index (χ1n) is 5.19. The first-order valence-corrected chi connectivity index (χ1v) is 5.19. The predicted octanol–water partition coefficient (Wildman–Crippen LogP) is 1.15. The Bertz CT molecular complexity index is 512. The number of hydrogen-bond acceptors (Lipinski definition) is 2. The molecule has 1 aliphatic heterocycles. The Balaban J connectivity index is 2.15. The molecule has 2 aromatic rings. The molecule has 0 aliphatic carbocycles. The van der Waals surface area contributed by atoms with Crippen LogP contribution in [-0.2, 0) is 10.4 Å². The molecule has 1 aliphatic rings. The molecular weight excluding hydrogens is 199 g/mol. The summed E-state index contributed by atoms with van der Waals surface area (Å²) in [6.07, 6.45) is 0. The van der Waals surface area contributed by atoms with E-state index in [1.807, 2.05) is 54.6 Å². The van der Waals surface area contributed by atoms with Crippen molar-refractivity contribution in [3.05, 3.63) is 65.7 Å². The van der Waals surface area contributed by atoms with Gasteiger partial charge >= 0.3 is 7.48 Å². The molecule has 0 aromatic heterocycles. The van der Waals surface area contributed by atoms with Gasteiger partial charge in [0.2, 0.25) is 5.79 Å². The molecule has 77 valence electrons. The van der Waals surface area contributed by atoms with Gasteiger partial charge in [0.15, 0.2) is 0 Å². The van der Waals surface area contributed by atoms with Crippen molar-refractivity contribution in [1.29, 1.82) is 0 Å². The van der Waals surface area contributed by atoms with E-state index in [1.165, 1.54) is 0 Å². The van der Waals surface area contributed by atoms with Crippen LogP contribution in [0.1, 0.15) is 11.1 Å². The minimum Gasteiger partial charge on any atom is -0.402 e. The maximum atomic E-state index is 10.6. The fraction of sp³-hybridized carbons (Fsp3) is 0.0769. The Morgan fingerprint density at radius 1 is 0.938 bits per heavy atom. The Kier molecular flexibility index (Phi) is 2.09. The van der Waals surface area contributed by atoms with E-state index in [1.54, 1.807) is 7.48 Å². The summed E-state index contributed by atoms with van der Waals surface area (Å²) in [5.74, 6) is -1.34. The summed E-state index contributed by atoms with van der Waals surface area (Å²) in [6, 6.07) is 17.0. The van der Waals surface area contributed by atoms with Crippen LogP contribution in [0.15, 0.2) is 54.6 Å². The van der Waals surface area contributed by atoms with Crippen molar-refractivity contribution in [3.63, 3.8) is 0 Å². The topological polar surface area (TPSA) is 29.5 Å². The van der Waals surface area contributed by atoms with Gasteiger partial charge in [-0.3, -0.25) is 0 Å². The van der Waals surface area contributed by atoms with Gasteiger partial charge in [-0.15, -0.1) is 0 Å². The van der Waals surface area contributed by atoms with E-state index >= 15 is 0 Å². The number of rotatable bonds is 1. The Morgan fingerprint density at radius 2 is 1.62 bits per heavy atom. The lowest BCUT2D eigenvalue weighted by atomic mass is 9.85. The number of fused-ring (bicyclic) bond motifs is 1. The summed E-state index contributed by atoms with van der Waals surface area (Å²) in [7, 11) is 1.60. The van der Waals surface area contributed by atoms with Crippen molar-refractivity contribution in [2.45, 2.75) is 5.79 Å². The minimum absolute atomic E-state index is 0.746. The van der Waals surface area contributed by atoms with Crippen molar-refractivity contribution in [2.24, 2.45) is 0 Å². The molecule has 0 bridgehead atoms. The van der Waals surface area contributed by atoms with Crippen LogP contribution in [0.3, 0.4) is 0 Å². The van der Waals surface area contributed by atoms with E-state index in [2.05, 4.69) is 0 Å². The molecule has 1 heterocycles. The van der Waals surface area contributed by atoms with Gasteiger partial charge in [0.05, 0.1) is 0 Å². The van der Waals surface area contributed by atoms with Crippen LogP contribution in [0.2, 0.25) is 0 Å². The molecule has 16 heavy (non-hydrogen) atoms. The van der Waals surface area contributed by atoms with Crippen LogP contribution in [0.25, 0.3) is 0 Å². The highest BCUT2D eigenvalue weighted by Gasteiger charge is 2.39. The van der Waals surface area contributed by atoms with Gasteiger partial charge in [0.25, 0.3) is 0 Å². The van der Waals surface area contributed by atoms with E-state index in [0.29, 0.717) is 0 Å². The lowest BCUT2D eigenvalue weighted by Crippen LogP contribution is -2.27. The van der Waals surface area contributed by atoms with Crippen molar-refractivity contribution in [1.82, 2.24) is 0 Å². The first-order chi connectivity index (χ1) is 7.81. The van der Waals surface area contributed by atoms with Crippen molar-refractivity contribution in [2.75, 3.05) is 0 Å². The van der Waals surface area contributed by atoms with E-state index in [0.717, 1.165) is 16.6 Å². The third-order valence-corrected chi connectivity index (χ3v) is 2.85. The Morgan fingerprint density at radius 3 is 2.44 bits per heavy atom. The van der Waals surface area contributed by atoms with Crippen molar-refractivity contribution >= 4 is 12.9 Å². The fourth-order valence-electron chi connectivity index (χ4n) is 2.01. The quantitative estimate of drug-likeness (QED) is 0.714. The molecule has 1 radical (unpaired) electrons. The molecule has 1 unspecified atom stereocenters. The molecule has 0 spiro atoms. The highest BCUT2D eigenvalue weighted by molar-refractivity contribution is 6.49. The molecule has 1 atom stereocenters. The summed E-state index contributed by atoms with van der Waals surface area (Å²) in [5.41, 5.74) is 2.46. The van der Waals surface area contributed by atoms with Crippen LogP contribution in [0.5, 0.6) is 0 Å². The molecule has 1 N–H and O–H groups in total. The zero-order valence-electron chi connectivity index (χ0n) is 8.63. The Labute approximate surface area is 94.8 Å². The first kappa shape index (κ1) is 9.64. The largest absolute Gasteiger partial charge is 0.402 e. The third kappa shape index (κ3) is 1.29. The zero-order chi connectivity index (χ0) is 11.0. The average molecular weight is 209 g/mol. The maximum Gasteiger partial charge on any atom is 0.335 e. The van der Waals surface area contributed by atoms with Crippen molar-refractivity contribution < 1.29 is 9.76 Å². The highest BCUT2D eigenvalue weighted by atomic mass is 16.6. The molecular formula is C13H10BO2. The van der Waals surface area contributed by atoms with Gasteiger partial charge in [0, 0.05) is 11.1 Å². The molecule has 3 rings (SSSR count). The van der Waals surface area contributed by atoms with Crippen LogP contribution in [-0.4, -0.2) is 12.6 Å². The third-order valence-electron chi connectivity index (χ3n) is 2.85. The minimum atomic E-state index is -1.34. The SMILES string of the molecule is OC1(c2ccccc2)O[B]c2ccccc21. The number of aliphatic hydroxyl groups is 1. The summed E-state index contributed by atoms with van der Waals surface area (Å²) in [5, 5.41) is 10.6. The van der Waals surface area contributed by atoms with E-state index in [-0.39, 0.29) is 0 Å². The van der Waals surface area contributed by atoms with Gasteiger partial charge in [-0.2, -0.15) is 0 Å². The monoisotopic (exact) mass is 209 g/mol. The summed E-state index contributed by atoms with van der Waals surface area (Å²) in [6.45, 7) is 0. The van der Waals surface area contributed by atoms with Crippen LogP contribution in [0, 0.1) is 0 Å². The lowest BCUT2D eigenvalue weighted by molar-refractivity contribution is -0.0990. The van der Waals surface area contributed by atoms with E-state index in [4.69, 9.17) is 4.65 Å². The summed E-state index contributed by atoms with van der Waals surface area (Å²) < 4.78 is 5.43. The number of benzene rings is 2. The zero-order valence-corrected chi connectivity index (χ0v) is 8.63. The fourth-order valence-corrected chi connectivity index (χ4v) is 2.01. The molecule has 0 saturated carbocycles. The second kappa shape index (κ2) is 3.47. The van der Waals surface area contributed by atoms with Crippen LogP contribution in [0.4, 0.5) is 0 Å². The van der Waals surface area contributed by atoms with E-state index < -0.39 is 5.79 Å². The molecule has 0 fully saturated rings. The van der Waals surface area contributed by atoms with Crippen molar-refractivity contribution in [3.8, 4) is 0 Å². The van der Waals surface area contributed by atoms with Crippen LogP contribution < -0.4 is 5.46 Å². The molecule has 0 saturated heterocycles. The second-order valence-corrected chi connectivity index (χ2v) is 3.83. The Hall–Kier alpha value is -1.58. The molecule has 3 heteroatoms. The van der Waals surface area contributed by atoms with E-state index in [9.17, 15) is 5.11 Å². The highest BCUT2D eigenvalue weighted by Crippen LogP contribution is 2.32. The standard InChI is InChI=1S/C13H10BO2/c15-13(10-6-2-1-3-7-10)11-8-4-5-9-12(11)14-16-13/h1-9,15H. The summed E-state index contributed by atoms with van der Waals surface area (Å²) >= 11 is 0. The lowest BCUT2D eigenvalue weighted by Gasteiger charge is -2.24. The summed E-state index contributed by atoms with van der Waals surface area (Å²) in [4.78, 5) is 0. The van der Waals surface area contributed by atoms with Gasteiger partial charge in [-0.25, -0.2) is 0 Å². The number of hydrogen-bond donors (Lipinski definition) is 1. The van der Waals surface area contributed by atoms with Gasteiger partial charge in [-0.05, 0) is 5.46 Å². The van der Waals surface area contributed by atoms with Crippen LogP contribution >= 0.6 is 0 Å². The smallest absolute Gasteiger partial charge is 0.335 e. The maximum absolute atomic E-state index is 10.6. The predicted molar refractivity (Wildman–Crippen MR) is 62.4 cm³/mol. The second-order valence-electron chi connectivity index (χ2n) is 3.83. The average Bonchev–Trinajstić information content (AvgIpc) is 2.71. The van der Waals surface area contributed by atoms with Gasteiger partial charge in [-0.1, -0.05) is 54.6 Å². The molecule has 0 amide bonds.